The fraction of sp³-hybridized carbons (Fsp3) is 0.444. The Kier molecular flexibility index (Phi) is 15.0. The molecule has 7 N–H and O–H groups in total. The zero-order valence-corrected chi connectivity index (χ0v) is 48.3. The van der Waals surface area contributed by atoms with Crippen molar-refractivity contribution >= 4 is 22.7 Å². The molecule has 6 aromatic rings. The molecule has 1 aromatic heterocycles. The van der Waals surface area contributed by atoms with Crippen molar-refractivity contribution < 1.29 is 44.5 Å². The highest BCUT2D eigenvalue weighted by atomic mass is 16.5. The summed E-state index contributed by atoms with van der Waals surface area (Å²) in [4.78, 5) is 0. The van der Waals surface area contributed by atoms with Gasteiger partial charge in [0.15, 0.2) is 11.5 Å². The lowest BCUT2D eigenvalue weighted by molar-refractivity contribution is -0.193. The number of hydrogen-bond acceptors (Lipinski definition) is 11. The van der Waals surface area contributed by atoms with Gasteiger partial charge in [0.25, 0.3) is 0 Å². The Bertz CT molecular complexity index is 3660. The Labute approximate surface area is 493 Å². The topological polar surface area (TPSA) is 167 Å². The summed E-state index contributed by atoms with van der Waals surface area (Å²) in [5.41, 5.74) is 13.2. The molecule has 8 atom stereocenters. The second-order valence-corrected chi connectivity index (χ2v) is 25.5. The average Bonchev–Trinajstić information content (AvgIpc) is 0.984. The highest BCUT2D eigenvalue weighted by Crippen LogP contribution is 2.64. The van der Waals surface area contributed by atoms with Crippen LogP contribution in [-0.4, -0.2) is 81.1 Å². The number of nitrogens with one attached hydrogen (secondary N) is 2. The van der Waals surface area contributed by atoms with Crippen molar-refractivity contribution in [3.8, 4) is 34.8 Å². The highest BCUT2D eigenvalue weighted by molar-refractivity contribution is 5.89. The summed E-state index contributed by atoms with van der Waals surface area (Å²) in [6.07, 6.45) is 24.6. The lowest BCUT2D eigenvalue weighted by Crippen LogP contribution is -2.64. The lowest BCUT2D eigenvalue weighted by Gasteiger charge is -2.63. The first-order valence-corrected chi connectivity index (χ1v) is 31.1. The molecule has 5 aromatic carbocycles. The summed E-state index contributed by atoms with van der Waals surface area (Å²) in [7, 11) is 1.69. The smallest absolute Gasteiger partial charge is 0.168 e. The third-order valence-electron chi connectivity index (χ3n) is 20.7. The molecule has 436 valence electrons. The minimum Gasteiger partial charge on any atom is -0.508 e. The van der Waals surface area contributed by atoms with Gasteiger partial charge in [-0.25, -0.2) is 0 Å². The molecule has 8 unspecified atom stereocenters. The number of dihydropyridines is 1. The van der Waals surface area contributed by atoms with Gasteiger partial charge in [-0.15, -0.1) is 0 Å². The summed E-state index contributed by atoms with van der Waals surface area (Å²) in [5.74, 6) is 9.54. The monoisotopic (exact) mass is 1130 g/mol. The maximum Gasteiger partial charge on any atom is 0.168 e. The molecule has 1 spiro atoms. The number of phenolic OH excluding ortho intramolecular Hbond substituents is 3. The minimum absolute atomic E-state index is 0.0187. The highest BCUT2D eigenvalue weighted by Gasteiger charge is 2.63. The number of hydrogen-bond donors (Lipinski definition) is 7. The molecule has 2 fully saturated rings. The zero-order valence-electron chi connectivity index (χ0n) is 48.3. The van der Waals surface area contributed by atoms with E-state index in [0.717, 1.165) is 138 Å². The maximum atomic E-state index is 12.3. The van der Waals surface area contributed by atoms with Crippen LogP contribution in [0.3, 0.4) is 0 Å². The molecule has 8 bridgehead atoms. The van der Waals surface area contributed by atoms with Gasteiger partial charge in [-0.2, -0.15) is 0 Å². The van der Waals surface area contributed by atoms with Crippen LogP contribution < -0.4 is 15.4 Å². The molecule has 6 heterocycles. The van der Waals surface area contributed by atoms with Crippen LogP contribution in [0.4, 0.5) is 0 Å². The molecular weight excluding hydrogens is 1050 g/mol. The number of benzene rings is 5. The number of aliphatic hydroxyl groups is 2. The molecule has 1 saturated heterocycles. The standard InChI is InChI=1S/C72H79N3O9/c1-81-43-73-67-35-49-18-16-44(14-15-45-17-24-63(78)51(28-45)29-46-9-5-12-57(77)30-46)8-6-13-58-36-64(79)50-20-23-59-60(33-50)53(39-76)34-65(80)69(59)83-40-54-32-56(31-52-37-75(38-61(52)54)70(74-67)62(49)42-82-58)72-55-22-19-47-10-7-11-48(68(47)72)21-25-66(72)71(84-41-55)26-3-2-4-27-71/h5,7,9-12,17,20,23-24,28,30-32,34-35,37-38,44,50,55,58,64,66-67,73-74,76-80H,2-4,6,8,13-15,19,21-22,25-27,29,33,36,39-43H2,1H3. The van der Waals surface area contributed by atoms with Gasteiger partial charge < -0.3 is 54.4 Å². The van der Waals surface area contributed by atoms with Gasteiger partial charge in [-0.1, -0.05) is 91.8 Å². The molecular formula is C72H79N3O9. The zero-order chi connectivity index (χ0) is 57.1. The van der Waals surface area contributed by atoms with Crippen LogP contribution in [0.15, 0.2) is 115 Å². The normalized spacial score (nSPS) is 26.8. The molecule has 5 aliphatic heterocycles. The number of aliphatic hydroxyl groups excluding tert-OH is 2. The average molecular weight is 1130 g/mol. The molecule has 0 amide bonds. The van der Waals surface area contributed by atoms with Crippen LogP contribution in [0.1, 0.15) is 138 Å². The van der Waals surface area contributed by atoms with E-state index in [0.29, 0.717) is 49.1 Å². The minimum atomic E-state index is -0.760. The number of rotatable bonds is 10. The lowest BCUT2D eigenvalue weighted by atomic mass is 9.45. The van der Waals surface area contributed by atoms with Gasteiger partial charge in [0.1, 0.15) is 30.1 Å². The van der Waals surface area contributed by atoms with E-state index in [2.05, 4.69) is 88.0 Å². The van der Waals surface area contributed by atoms with Gasteiger partial charge >= 0.3 is 0 Å². The third kappa shape index (κ3) is 10.0. The van der Waals surface area contributed by atoms with Gasteiger partial charge in [0.2, 0.25) is 0 Å². The molecule has 15 rings (SSSR count). The largest absolute Gasteiger partial charge is 0.508 e. The summed E-state index contributed by atoms with van der Waals surface area (Å²) in [6.45, 7) is 1.22. The van der Waals surface area contributed by atoms with E-state index < -0.39 is 6.10 Å². The van der Waals surface area contributed by atoms with Crippen LogP contribution in [0.25, 0.3) is 22.7 Å². The van der Waals surface area contributed by atoms with Crippen LogP contribution in [0.5, 0.6) is 23.0 Å². The summed E-state index contributed by atoms with van der Waals surface area (Å²) in [6, 6.07) is 26.7. The molecule has 4 aliphatic carbocycles. The van der Waals surface area contributed by atoms with Gasteiger partial charge in [0, 0.05) is 83.0 Å². The van der Waals surface area contributed by atoms with Crippen molar-refractivity contribution in [3.63, 3.8) is 0 Å². The van der Waals surface area contributed by atoms with Crippen LogP contribution >= 0.6 is 0 Å². The van der Waals surface area contributed by atoms with Crippen LogP contribution in [-0.2, 0) is 64.9 Å². The van der Waals surface area contributed by atoms with E-state index in [-0.39, 0.29) is 72.2 Å². The van der Waals surface area contributed by atoms with Crippen LogP contribution in [0, 0.1) is 35.5 Å². The number of nitrogens with zero attached hydrogens (tertiary/aromatic N) is 1. The van der Waals surface area contributed by atoms with Crippen molar-refractivity contribution in [3.05, 3.63) is 176 Å². The summed E-state index contributed by atoms with van der Waals surface area (Å²) in [5, 5.41) is 65.8. The van der Waals surface area contributed by atoms with E-state index in [9.17, 15) is 25.5 Å². The second-order valence-electron chi connectivity index (χ2n) is 25.5. The molecule has 12 heteroatoms. The van der Waals surface area contributed by atoms with E-state index in [1.807, 2.05) is 24.3 Å². The fourth-order valence-electron chi connectivity index (χ4n) is 16.6. The quantitative estimate of drug-likeness (QED) is 0.0515. The first-order chi connectivity index (χ1) is 41.1. The number of aromatic nitrogens is 1. The Morgan fingerprint density at radius 2 is 1.70 bits per heavy atom. The Morgan fingerprint density at radius 3 is 2.55 bits per heavy atom. The van der Waals surface area contributed by atoms with E-state index in [1.165, 1.54) is 41.5 Å². The summed E-state index contributed by atoms with van der Waals surface area (Å²) < 4.78 is 29.4. The van der Waals surface area contributed by atoms with Crippen molar-refractivity contribution in [1.82, 2.24) is 15.2 Å². The van der Waals surface area contributed by atoms with Gasteiger partial charge in [0.05, 0.1) is 44.4 Å². The van der Waals surface area contributed by atoms with Gasteiger partial charge in [-0.3, -0.25) is 5.32 Å². The predicted molar refractivity (Wildman–Crippen MR) is 325 cm³/mol. The van der Waals surface area contributed by atoms with Crippen molar-refractivity contribution in [1.29, 1.82) is 0 Å². The molecule has 1 saturated carbocycles. The Hall–Kier alpha value is -6.82. The van der Waals surface area contributed by atoms with Gasteiger partial charge in [-0.05, 0) is 175 Å². The number of ether oxygens (including phenoxy) is 4. The van der Waals surface area contributed by atoms with Crippen molar-refractivity contribution in [2.24, 2.45) is 23.7 Å². The number of fused-ring (bicyclic) bond motifs is 3. The SMILES string of the molecule is COCNC1C=C2C#CC(CCc3ccc(O)c(Cc4cccc(O)c4)c3)CCCC3CC(O)C4C=Cc5c(c(CO)cc(O)c5OCc5cc(C67c8c9cccc8CCC6C6(CCCCC6)OCC7CC9)cc6cn(cc56)C(=C2CO3)N1)C4. The first-order valence-electron chi connectivity index (χ1n) is 31.1. The predicted octanol–water partition coefficient (Wildman–Crippen LogP) is 11.6. The number of methoxy groups -OCH3 is 1. The second kappa shape index (κ2) is 22.9. The van der Waals surface area contributed by atoms with Crippen LogP contribution in [0.2, 0.25) is 0 Å². The van der Waals surface area contributed by atoms with E-state index >= 15 is 0 Å². The van der Waals surface area contributed by atoms with Crippen molar-refractivity contribution in [2.75, 3.05) is 27.1 Å². The first kappa shape index (κ1) is 55.1. The Morgan fingerprint density at radius 1 is 0.845 bits per heavy atom. The van der Waals surface area contributed by atoms with E-state index in [4.69, 9.17) is 18.9 Å². The summed E-state index contributed by atoms with van der Waals surface area (Å²) >= 11 is 0. The number of aryl methyl sites for hydroxylation is 3. The Balaban J connectivity index is 0.921. The maximum absolute atomic E-state index is 12.3. The molecule has 84 heavy (non-hydrogen) atoms. The third-order valence-corrected chi connectivity index (χ3v) is 20.7. The molecule has 9 aliphatic rings. The van der Waals surface area contributed by atoms with Crippen molar-refractivity contribution in [2.45, 2.75) is 152 Å². The molecule has 12 nitrogen and oxygen atoms in total. The van der Waals surface area contributed by atoms with E-state index in [1.54, 1.807) is 31.4 Å². The number of aromatic hydroxyl groups is 3. The number of phenols is 3. The molecule has 0 radical (unpaired) electrons. The fourth-order valence-corrected chi connectivity index (χ4v) is 16.6.